The number of para-hydroxylation sites is 1. The fourth-order valence-electron chi connectivity index (χ4n) is 3.16. The molecule has 0 bridgehead atoms. The highest BCUT2D eigenvalue weighted by Gasteiger charge is 2.24. The first-order valence-electron chi connectivity index (χ1n) is 8.87. The van der Waals surface area contributed by atoms with E-state index in [0.717, 1.165) is 11.4 Å². The Morgan fingerprint density at radius 1 is 1.22 bits per heavy atom. The summed E-state index contributed by atoms with van der Waals surface area (Å²) in [6.45, 7) is 4.64. The van der Waals surface area contributed by atoms with Crippen molar-refractivity contribution in [1.82, 2.24) is 14.7 Å². The van der Waals surface area contributed by atoms with Gasteiger partial charge in [0.15, 0.2) is 9.84 Å². The maximum atomic E-state index is 12.7. The number of urea groups is 1. The van der Waals surface area contributed by atoms with Crippen LogP contribution in [0.1, 0.15) is 31.9 Å². The first-order chi connectivity index (χ1) is 12.8. The van der Waals surface area contributed by atoms with Crippen molar-refractivity contribution in [2.75, 3.05) is 29.9 Å². The van der Waals surface area contributed by atoms with Crippen LogP contribution in [0.2, 0.25) is 5.02 Å². The predicted octanol–water partition coefficient (Wildman–Crippen LogP) is 3.30. The molecule has 3 rings (SSSR count). The van der Waals surface area contributed by atoms with E-state index in [0.29, 0.717) is 23.7 Å². The van der Waals surface area contributed by atoms with Gasteiger partial charge in [-0.1, -0.05) is 37.6 Å². The number of aromatic nitrogens is 2. The molecule has 2 amide bonds. The van der Waals surface area contributed by atoms with Crippen LogP contribution in [0.4, 0.5) is 10.5 Å². The van der Waals surface area contributed by atoms with Crippen LogP contribution >= 0.6 is 11.6 Å². The highest BCUT2D eigenvalue weighted by Crippen LogP contribution is 2.30. The number of carbonyl (C=O) groups excluding carboxylic acids is 1. The first kappa shape index (κ1) is 19.7. The Bertz CT molecular complexity index is 940. The molecule has 1 aliphatic rings. The van der Waals surface area contributed by atoms with Gasteiger partial charge < -0.3 is 10.2 Å². The zero-order chi connectivity index (χ0) is 19.6. The predicted molar refractivity (Wildman–Crippen MR) is 107 cm³/mol. The van der Waals surface area contributed by atoms with Gasteiger partial charge in [0.05, 0.1) is 39.8 Å². The average molecular weight is 411 g/mol. The Hall–Kier alpha value is -2.06. The summed E-state index contributed by atoms with van der Waals surface area (Å²) >= 11 is 6.30. The second kappa shape index (κ2) is 7.90. The Labute approximate surface area is 164 Å². The van der Waals surface area contributed by atoms with Gasteiger partial charge in [-0.3, -0.25) is 0 Å². The number of nitrogens with one attached hydrogen (secondary N) is 1. The van der Waals surface area contributed by atoms with Gasteiger partial charge in [-0.25, -0.2) is 17.9 Å². The van der Waals surface area contributed by atoms with Crippen molar-refractivity contribution in [3.63, 3.8) is 0 Å². The number of hydrogen-bond donors (Lipinski definition) is 1. The minimum absolute atomic E-state index is 0.00363. The lowest BCUT2D eigenvalue weighted by Gasteiger charge is -2.21. The lowest BCUT2D eigenvalue weighted by molar-refractivity contribution is 0.215. The van der Waals surface area contributed by atoms with E-state index in [1.807, 2.05) is 32.0 Å². The van der Waals surface area contributed by atoms with Gasteiger partial charge >= 0.3 is 6.03 Å². The van der Waals surface area contributed by atoms with Gasteiger partial charge in [0.1, 0.15) is 0 Å². The second-order valence-corrected chi connectivity index (χ2v) is 9.59. The summed E-state index contributed by atoms with van der Waals surface area (Å²) < 4.78 is 25.2. The van der Waals surface area contributed by atoms with Crippen LogP contribution in [-0.2, 0) is 9.84 Å². The Kier molecular flexibility index (Phi) is 5.76. The zero-order valence-electron chi connectivity index (χ0n) is 15.4. The van der Waals surface area contributed by atoms with E-state index in [1.54, 1.807) is 21.8 Å². The topological polar surface area (TPSA) is 84.3 Å². The van der Waals surface area contributed by atoms with E-state index >= 15 is 0 Å². The molecule has 1 fully saturated rings. The molecule has 0 atom stereocenters. The summed E-state index contributed by atoms with van der Waals surface area (Å²) in [4.78, 5) is 14.2. The molecule has 1 saturated heterocycles. The number of anilines is 1. The number of carbonyl (C=O) groups is 1. The van der Waals surface area contributed by atoms with Crippen molar-refractivity contribution in [2.24, 2.45) is 0 Å². The number of benzene rings is 1. The number of nitrogens with zero attached hydrogens (tertiary/aromatic N) is 3. The third kappa shape index (κ3) is 4.44. The van der Waals surface area contributed by atoms with E-state index in [9.17, 15) is 13.2 Å². The second-order valence-electron chi connectivity index (χ2n) is 6.88. The van der Waals surface area contributed by atoms with Crippen molar-refractivity contribution < 1.29 is 13.2 Å². The zero-order valence-corrected chi connectivity index (χ0v) is 16.9. The normalized spacial score (nSPS) is 17.0. The number of rotatable bonds is 3. The van der Waals surface area contributed by atoms with Crippen LogP contribution in [-0.4, -0.2) is 53.7 Å². The van der Waals surface area contributed by atoms with Gasteiger partial charge in [-0.15, -0.1) is 0 Å². The Morgan fingerprint density at radius 3 is 2.67 bits per heavy atom. The smallest absolute Gasteiger partial charge is 0.321 e. The monoisotopic (exact) mass is 410 g/mol. The first-order valence-corrected chi connectivity index (χ1v) is 11.1. The molecule has 7 nitrogen and oxygen atoms in total. The third-order valence-electron chi connectivity index (χ3n) is 4.52. The van der Waals surface area contributed by atoms with Crippen LogP contribution in [0.5, 0.6) is 0 Å². The molecule has 0 saturated carbocycles. The minimum Gasteiger partial charge on any atom is -0.323 e. The lowest BCUT2D eigenvalue weighted by Crippen LogP contribution is -2.37. The molecule has 0 radical (unpaired) electrons. The fourth-order valence-corrected chi connectivity index (χ4v) is 4.65. The van der Waals surface area contributed by atoms with E-state index < -0.39 is 9.84 Å². The molecule has 0 aliphatic carbocycles. The van der Waals surface area contributed by atoms with Crippen molar-refractivity contribution in [1.29, 1.82) is 0 Å². The molecule has 2 aromatic rings. The Balaban J connectivity index is 1.85. The summed E-state index contributed by atoms with van der Waals surface area (Å²) in [5.41, 5.74) is 2.17. The molecular weight excluding hydrogens is 388 g/mol. The molecule has 9 heteroatoms. The fraction of sp³-hybridized carbons (Fsp3) is 0.444. The van der Waals surface area contributed by atoms with Crippen LogP contribution < -0.4 is 5.32 Å². The number of sulfone groups is 1. The van der Waals surface area contributed by atoms with Gasteiger partial charge in [0.2, 0.25) is 0 Å². The van der Waals surface area contributed by atoms with E-state index in [2.05, 4.69) is 10.4 Å². The molecule has 27 heavy (non-hydrogen) atoms. The van der Waals surface area contributed by atoms with E-state index in [-0.39, 0.29) is 30.0 Å². The van der Waals surface area contributed by atoms with Crippen LogP contribution in [0.25, 0.3) is 5.69 Å². The molecule has 1 aromatic carbocycles. The van der Waals surface area contributed by atoms with E-state index in [1.165, 1.54) is 0 Å². The van der Waals surface area contributed by atoms with Crippen LogP contribution in [0, 0.1) is 0 Å². The van der Waals surface area contributed by atoms with Gasteiger partial charge in [-0.2, -0.15) is 5.10 Å². The van der Waals surface area contributed by atoms with Crippen molar-refractivity contribution in [2.45, 2.75) is 26.2 Å². The standard InChI is InChI=1S/C18H23ClN4O3S/c1-13(2)17-15(12-20-23(17)16-7-4-3-6-14(16)19)21-18(24)22-8-5-10-27(25,26)11-9-22/h3-4,6-7,12-13H,5,8-11H2,1-2H3,(H,21,24). The highest BCUT2D eigenvalue weighted by molar-refractivity contribution is 7.91. The van der Waals surface area contributed by atoms with Crippen molar-refractivity contribution >= 4 is 33.2 Å². The Morgan fingerprint density at radius 2 is 1.96 bits per heavy atom. The highest BCUT2D eigenvalue weighted by atomic mass is 35.5. The molecule has 0 spiro atoms. The summed E-state index contributed by atoms with van der Waals surface area (Å²) in [5.74, 6) is 0.206. The summed E-state index contributed by atoms with van der Waals surface area (Å²) in [7, 11) is -3.07. The maximum absolute atomic E-state index is 12.7. The summed E-state index contributed by atoms with van der Waals surface area (Å²) in [6, 6.07) is 7.07. The molecule has 1 aliphatic heterocycles. The molecule has 2 heterocycles. The van der Waals surface area contributed by atoms with Crippen LogP contribution in [0.3, 0.4) is 0 Å². The van der Waals surface area contributed by atoms with Crippen molar-refractivity contribution in [3.05, 3.63) is 41.2 Å². The minimum atomic E-state index is -3.07. The largest absolute Gasteiger partial charge is 0.323 e. The maximum Gasteiger partial charge on any atom is 0.321 e. The molecule has 0 unspecified atom stereocenters. The van der Waals surface area contributed by atoms with E-state index in [4.69, 9.17) is 11.6 Å². The lowest BCUT2D eigenvalue weighted by atomic mass is 10.1. The molecule has 146 valence electrons. The SMILES string of the molecule is CC(C)c1c(NC(=O)N2CCCS(=O)(=O)CC2)cnn1-c1ccccc1Cl. The van der Waals surface area contributed by atoms with Gasteiger partial charge in [0.25, 0.3) is 0 Å². The average Bonchev–Trinajstić information content (AvgIpc) is 2.92. The molecular formula is C18H23ClN4O3S. The van der Waals surface area contributed by atoms with Crippen molar-refractivity contribution in [3.8, 4) is 5.69 Å². The summed E-state index contributed by atoms with van der Waals surface area (Å²) in [6.07, 6.45) is 2.05. The quantitative estimate of drug-likeness (QED) is 0.841. The van der Waals surface area contributed by atoms with Crippen LogP contribution in [0.15, 0.2) is 30.5 Å². The number of amides is 2. The summed E-state index contributed by atoms with van der Waals surface area (Å²) in [5, 5.41) is 7.87. The number of halogens is 1. The van der Waals surface area contributed by atoms with Gasteiger partial charge in [0, 0.05) is 13.1 Å². The third-order valence-corrected chi connectivity index (χ3v) is 6.55. The molecule has 1 N–H and O–H groups in total. The number of hydrogen-bond acceptors (Lipinski definition) is 4. The van der Waals surface area contributed by atoms with Gasteiger partial charge in [-0.05, 0) is 24.5 Å². The molecule has 1 aromatic heterocycles.